The van der Waals surface area contributed by atoms with E-state index in [0.29, 0.717) is 0 Å². The molecule has 3 heterocycles. The monoisotopic (exact) mass is 366 g/mol. The number of nitrogens with one attached hydrogen (secondary N) is 2. The van der Waals surface area contributed by atoms with Gasteiger partial charge in [0.15, 0.2) is 0 Å². The fourth-order valence-electron chi connectivity index (χ4n) is 4.01. The van der Waals surface area contributed by atoms with Crippen LogP contribution in [0.1, 0.15) is 48.6 Å². The number of aromatic amines is 1. The molecular weight excluding hydrogens is 340 g/mol. The SMILES string of the molecule is CCn1nc(C)c(NC(=O)N2CCC[C@@H]2c2nc3c(C)cccc3[nH]2)c1C. The predicted octanol–water partition coefficient (Wildman–Crippen LogP) is 4.07. The maximum atomic E-state index is 13.0. The molecule has 0 saturated carbocycles. The molecule has 3 aromatic rings. The molecule has 0 spiro atoms. The summed E-state index contributed by atoms with van der Waals surface area (Å²) < 4.78 is 1.91. The highest BCUT2D eigenvalue weighted by molar-refractivity contribution is 5.91. The molecule has 0 unspecified atom stereocenters. The summed E-state index contributed by atoms with van der Waals surface area (Å²) in [5.41, 5.74) is 5.79. The van der Waals surface area contributed by atoms with E-state index >= 15 is 0 Å². The van der Waals surface area contributed by atoms with Gasteiger partial charge in [0.1, 0.15) is 5.82 Å². The molecule has 1 fully saturated rings. The molecule has 7 heteroatoms. The summed E-state index contributed by atoms with van der Waals surface area (Å²) in [6.45, 7) is 9.54. The molecule has 0 aliphatic carbocycles. The molecule has 27 heavy (non-hydrogen) atoms. The van der Waals surface area contributed by atoms with E-state index in [0.717, 1.165) is 65.4 Å². The number of rotatable bonds is 3. The minimum atomic E-state index is -0.0865. The number of carbonyl (C=O) groups excluding carboxylic acids is 1. The van der Waals surface area contributed by atoms with Gasteiger partial charge in [0.05, 0.1) is 34.2 Å². The molecule has 0 radical (unpaired) electrons. The van der Waals surface area contributed by atoms with Crippen LogP contribution in [0.5, 0.6) is 0 Å². The second-order valence-corrected chi connectivity index (χ2v) is 7.24. The Labute approximate surface area is 158 Å². The standard InChI is InChI=1S/C20H26N6O/c1-5-26-14(4)18(13(3)24-26)23-20(27)25-11-7-10-16(25)19-21-15-9-6-8-12(2)17(15)22-19/h6,8-9,16H,5,7,10-11H2,1-4H3,(H,21,22)(H,23,27)/t16-/m1/s1. The summed E-state index contributed by atoms with van der Waals surface area (Å²) in [6.07, 6.45) is 1.89. The molecule has 7 nitrogen and oxygen atoms in total. The number of hydrogen-bond acceptors (Lipinski definition) is 3. The lowest BCUT2D eigenvalue weighted by Gasteiger charge is -2.23. The molecule has 2 N–H and O–H groups in total. The Morgan fingerprint density at radius 3 is 2.85 bits per heavy atom. The van der Waals surface area contributed by atoms with Crippen LogP contribution >= 0.6 is 0 Å². The van der Waals surface area contributed by atoms with Gasteiger partial charge in [-0.25, -0.2) is 9.78 Å². The highest BCUT2D eigenvalue weighted by Crippen LogP contribution is 2.33. The minimum Gasteiger partial charge on any atom is -0.340 e. The van der Waals surface area contributed by atoms with Crippen LogP contribution in [0.25, 0.3) is 11.0 Å². The van der Waals surface area contributed by atoms with Crippen LogP contribution < -0.4 is 5.32 Å². The van der Waals surface area contributed by atoms with Crippen molar-refractivity contribution in [2.75, 3.05) is 11.9 Å². The third-order valence-corrected chi connectivity index (χ3v) is 5.48. The van der Waals surface area contributed by atoms with Crippen molar-refractivity contribution in [3.8, 4) is 0 Å². The highest BCUT2D eigenvalue weighted by Gasteiger charge is 2.33. The number of fused-ring (bicyclic) bond motifs is 1. The lowest BCUT2D eigenvalue weighted by atomic mass is 10.2. The first-order valence-electron chi connectivity index (χ1n) is 9.56. The van der Waals surface area contributed by atoms with E-state index < -0.39 is 0 Å². The number of imidazole rings is 1. The van der Waals surface area contributed by atoms with Crippen LogP contribution in [0, 0.1) is 20.8 Å². The van der Waals surface area contributed by atoms with Crippen LogP contribution in [0.2, 0.25) is 0 Å². The molecule has 1 aromatic carbocycles. The number of likely N-dealkylation sites (tertiary alicyclic amines) is 1. The van der Waals surface area contributed by atoms with Crippen molar-refractivity contribution in [3.05, 3.63) is 41.0 Å². The molecule has 1 aliphatic rings. The number of hydrogen-bond donors (Lipinski definition) is 2. The van der Waals surface area contributed by atoms with Crippen molar-refractivity contribution in [2.45, 2.75) is 53.1 Å². The topological polar surface area (TPSA) is 78.8 Å². The van der Waals surface area contributed by atoms with Gasteiger partial charge in [-0.3, -0.25) is 4.68 Å². The zero-order chi connectivity index (χ0) is 19.1. The fourth-order valence-corrected chi connectivity index (χ4v) is 4.01. The van der Waals surface area contributed by atoms with E-state index in [1.807, 2.05) is 42.5 Å². The molecule has 1 aliphatic heterocycles. The zero-order valence-corrected chi connectivity index (χ0v) is 16.3. The van der Waals surface area contributed by atoms with Crippen LogP contribution in [-0.4, -0.2) is 37.2 Å². The van der Waals surface area contributed by atoms with Crippen LogP contribution in [-0.2, 0) is 6.54 Å². The smallest absolute Gasteiger partial charge is 0.322 e. The molecule has 0 bridgehead atoms. The van der Waals surface area contributed by atoms with E-state index in [1.165, 1.54) is 0 Å². The van der Waals surface area contributed by atoms with Gasteiger partial charge in [0.2, 0.25) is 0 Å². The second kappa shape index (κ2) is 6.72. The van der Waals surface area contributed by atoms with Crippen molar-refractivity contribution < 1.29 is 4.79 Å². The van der Waals surface area contributed by atoms with Crippen LogP contribution in [0.4, 0.5) is 10.5 Å². The van der Waals surface area contributed by atoms with Gasteiger partial charge in [0, 0.05) is 13.1 Å². The largest absolute Gasteiger partial charge is 0.340 e. The Bertz CT molecular complexity index is 1000. The first-order chi connectivity index (χ1) is 13.0. The van der Waals surface area contributed by atoms with Gasteiger partial charge in [-0.1, -0.05) is 12.1 Å². The van der Waals surface area contributed by atoms with Gasteiger partial charge in [-0.2, -0.15) is 5.10 Å². The Morgan fingerprint density at radius 2 is 2.15 bits per heavy atom. The average molecular weight is 366 g/mol. The number of nitrogens with zero attached hydrogens (tertiary/aromatic N) is 4. The Hall–Kier alpha value is -2.83. The van der Waals surface area contributed by atoms with E-state index in [2.05, 4.69) is 28.4 Å². The predicted molar refractivity (Wildman–Crippen MR) is 106 cm³/mol. The molecule has 2 aromatic heterocycles. The average Bonchev–Trinajstić information content (AvgIpc) is 3.35. The number of benzene rings is 1. The lowest BCUT2D eigenvalue weighted by molar-refractivity contribution is 0.205. The zero-order valence-electron chi connectivity index (χ0n) is 16.3. The summed E-state index contributed by atoms with van der Waals surface area (Å²) >= 11 is 0. The maximum absolute atomic E-state index is 13.0. The van der Waals surface area contributed by atoms with Crippen LogP contribution in [0.3, 0.4) is 0 Å². The van der Waals surface area contributed by atoms with E-state index in [4.69, 9.17) is 4.98 Å². The Balaban J connectivity index is 1.60. The number of aromatic nitrogens is 4. The third-order valence-electron chi connectivity index (χ3n) is 5.48. The summed E-state index contributed by atoms with van der Waals surface area (Å²) in [6, 6.07) is 6.00. The summed E-state index contributed by atoms with van der Waals surface area (Å²) in [4.78, 5) is 23.1. The number of carbonyl (C=O) groups is 1. The number of anilines is 1. The van der Waals surface area contributed by atoms with Gasteiger partial charge in [0.25, 0.3) is 0 Å². The number of H-pyrrole nitrogens is 1. The molecule has 1 atom stereocenters. The van der Waals surface area contributed by atoms with Gasteiger partial charge in [-0.15, -0.1) is 0 Å². The molecule has 4 rings (SSSR count). The van der Waals surface area contributed by atoms with Crippen molar-refractivity contribution in [2.24, 2.45) is 0 Å². The lowest BCUT2D eigenvalue weighted by Crippen LogP contribution is -2.35. The quantitative estimate of drug-likeness (QED) is 0.733. The van der Waals surface area contributed by atoms with Crippen molar-refractivity contribution in [1.82, 2.24) is 24.6 Å². The Kier molecular flexibility index (Phi) is 4.37. The molecule has 2 amide bonds. The summed E-state index contributed by atoms with van der Waals surface area (Å²) in [7, 11) is 0. The number of para-hydroxylation sites is 1. The van der Waals surface area contributed by atoms with Gasteiger partial charge >= 0.3 is 6.03 Å². The minimum absolute atomic E-state index is 0.0290. The fraction of sp³-hybridized carbons (Fsp3) is 0.450. The molecular formula is C20H26N6O. The number of urea groups is 1. The van der Waals surface area contributed by atoms with Crippen molar-refractivity contribution in [1.29, 1.82) is 0 Å². The van der Waals surface area contributed by atoms with Crippen molar-refractivity contribution >= 4 is 22.8 Å². The summed E-state index contributed by atoms with van der Waals surface area (Å²) in [5.74, 6) is 0.865. The van der Waals surface area contributed by atoms with E-state index in [-0.39, 0.29) is 12.1 Å². The maximum Gasteiger partial charge on any atom is 0.322 e. The van der Waals surface area contributed by atoms with Gasteiger partial charge < -0.3 is 15.2 Å². The van der Waals surface area contributed by atoms with Crippen molar-refractivity contribution in [3.63, 3.8) is 0 Å². The van der Waals surface area contributed by atoms with Crippen LogP contribution in [0.15, 0.2) is 18.2 Å². The normalized spacial score (nSPS) is 17.0. The molecule has 142 valence electrons. The Morgan fingerprint density at radius 1 is 1.33 bits per heavy atom. The van der Waals surface area contributed by atoms with E-state index in [1.54, 1.807) is 0 Å². The first-order valence-corrected chi connectivity index (χ1v) is 9.56. The number of aryl methyl sites for hydroxylation is 3. The van der Waals surface area contributed by atoms with Gasteiger partial charge in [-0.05, 0) is 52.2 Å². The third kappa shape index (κ3) is 2.97. The highest BCUT2D eigenvalue weighted by atomic mass is 16.2. The second-order valence-electron chi connectivity index (χ2n) is 7.24. The van der Waals surface area contributed by atoms with E-state index in [9.17, 15) is 4.79 Å². The summed E-state index contributed by atoms with van der Waals surface area (Å²) in [5, 5.41) is 7.57. The number of amides is 2. The molecule has 1 saturated heterocycles. The first kappa shape index (κ1) is 17.6.